The Morgan fingerprint density at radius 3 is 2.52 bits per heavy atom. The highest BCUT2D eigenvalue weighted by atomic mass is 32.2. The van der Waals surface area contributed by atoms with Gasteiger partial charge in [0, 0.05) is 0 Å². The van der Waals surface area contributed by atoms with Gasteiger partial charge < -0.3 is 14.2 Å². The summed E-state index contributed by atoms with van der Waals surface area (Å²) in [6.07, 6.45) is -0.985. The number of sulfone groups is 1. The molecule has 3 atom stereocenters. The molecular weight excluding hydrogens is 292 g/mol. The maximum Gasteiger partial charge on any atom is 0.181 e. The van der Waals surface area contributed by atoms with Crippen molar-refractivity contribution in [1.82, 2.24) is 0 Å². The molecule has 21 heavy (non-hydrogen) atoms. The van der Waals surface area contributed by atoms with Gasteiger partial charge in [0.25, 0.3) is 0 Å². The van der Waals surface area contributed by atoms with E-state index in [0.717, 1.165) is 5.56 Å². The summed E-state index contributed by atoms with van der Waals surface area (Å²) >= 11 is 0. The Labute approximate surface area is 125 Å². The summed E-state index contributed by atoms with van der Waals surface area (Å²) < 4.78 is 42.0. The van der Waals surface area contributed by atoms with Crippen LogP contribution < -0.4 is 0 Å². The van der Waals surface area contributed by atoms with E-state index in [0.29, 0.717) is 11.5 Å². The van der Waals surface area contributed by atoms with E-state index in [1.165, 1.54) is 0 Å². The van der Waals surface area contributed by atoms with Crippen LogP contribution in [0.25, 0.3) is 0 Å². The van der Waals surface area contributed by atoms with Gasteiger partial charge in [0.2, 0.25) is 0 Å². The molecule has 1 aromatic carbocycles. The van der Waals surface area contributed by atoms with Gasteiger partial charge in [0.15, 0.2) is 15.6 Å². The lowest BCUT2D eigenvalue weighted by Gasteiger charge is -2.21. The lowest BCUT2D eigenvalue weighted by Crippen LogP contribution is -2.34. The molecule has 0 bridgehead atoms. The van der Waals surface area contributed by atoms with Crippen LogP contribution in [0.5, 0.6) is 0 Å². The first kappa shape index (κ1) is 15.0. The molecule has 0 aliphatic carbocycles. The van der Waals surface area contributed by atoms with Gasteiger partial charge in [-0.15, -0.1) is 0 Å². The number of benzene rings is 1. The average Bonchev–Trinajstić information content (AvgIpc) is 2.86. The van der Waals surface area contributed by atoms with Crippen molar-refractivity contribution in [2.24, 2.45) is 0 Å². The summed E-state index contributed by atoms with van der Waals surface area (Å²) in [5, 5.41) is 0. The molecule has 3 rings (SSSR count). The molecule has 0 N–H and O–H groups in total. The lowest BCUT2D eigenvalue weighted by molar-refractivity contribution is -0.172. The summed E-state index contributed by atoms with van der Waals surface area (Å²) in [4.78, 5) is 0.318. The molecule has 0 aromatic heterocycles. The second-order valence-corrected chi connectivity index (χ2v) is 8.14. The van der Waals surface area contributed by atoms with Crippen molar-refractivity contribution in [2.75, 3.05) is 12.4 Å². The van der Waals surface area contributed by atoms with Gasteiger partial charge in [-0.2, -0.15) is 0 Å². The first-order chi connectivity index (χ1) is 9.77. The zero-order valence-corrected chi connectivity index (χ0v) is 13.2. The molecule has 1 aromatic rings. The number of hydrogen-bond donors (Lipinski definition) is 0. The third-order valence-electron chi connectivity index (χ3n) is 3.83. The monoisotopic (exact) mass is 312 g/mol. The summed E-state index contributed by atoms with van der Waals surface area (Å²) in [6.45, 7) is 5.96. The van der Waals surface area contributed by atoms with Gasteiger partial charge in [-0.05, 0) is 32.9 Å². The van der Waals surface area contributed by atoms with Crippen LogP contribution in [-0.4, -0.2) is 44.9 Å². The Kier molecular flexibility index (Phi) is 3.60. The molecule has 6 heteroatoms. The number of ether oxygens (including phenoxy) is 3. The third-order valence-corrected chi connectivity index (χ3v) is 5.58. The topological polar surface area (TPSA) is 61.8 Å². The van der Waals surface area contributed by atoms with Gasteiger partial charge in [-0.3, -0.25) is 0 Å². The third kappa shape index (κ3) is 2.99. The van der Waals surface area contributed by atoms with E-state index < -0.39 is 21.7 Å². The fraction of sp³-hybridized carbons (Fsp3) is 0.600. The quantitative estimate of drug-likeness (QED) is 0.850. The molecular formula is C15H20O5S. The maximum absolute atomic E-state index is 12.5. The van der Waals surface area contributed by atoms with Crippen LogP contribution in [0.15, 0.2) is 29.2 Å². The minimum absolute atomic E-state index is 0.0866. The summed E-state index contributed by atoms with van der Waals surface area (Å²) in [5.74, 6) is -0.762. The van der Waals surface area contributed by atoms with Crippen LogP contribution >= 0.6 is 0 Å². The molecule has 5 nitrogen and oxygen atoms in total. The molecule has 0 spiro atoms. The first-order valence-corrected chi connectivity index (χ1v) is 8.69. The number of aryl methyl sites for hydroxylation is 1. The summed E-state index contributed by atoms with van der Waals surface area (Å²) in [7, 11) is -3.40. The highest BCUT2D eigenvalue weighted by Gasteiger charge is 2.51. The van der Waals surface area contributed by atoms with E-state index in [1.54, 1.807) is 24.3 Å². The van der Waals surface area contributed by atoms with Crippen molar-refractivity contribution in [1.29, 1.82) is 0 Å². The average molecular weight is 312 g/mol. The highest BCUT2D eigenvalue weighted by Crippen LogP contribution is 2.36. The molecule has 2 aliphatic heterocycles. The van der Waals surface area contributed by atoms with Crippen LogP contribution in [0, 0.1) is 6.92 Å². The maximum atomic E-state index is 12.5. The van der Waals surface area contributed by atoms with Crippen molar-refractivity contribution >= 4 is 9.84 Å². The highest BCUT2D eigenvalue weighted by molar-refractivity contribution is 7.91. The van der Waals surface area contributed by atoms with Crippen LogP contribution in [0.4, 0.5) is 0 Å². The Morgan fingerprint density at radius 2 is 1.86 bits per heavy atom. The van der Waals surface area contributed by atoms with E-state index in [1.807, 2.05) is 20.8 Å². The van der Waals surface area contributed by atoms with E-state index >= 15 is 0 Å². The summed E-state index contributed by atoms with van der Waals surface area (Å²) in [5.41, 5.74) is 1.03. The number of rotatable bonds is 3. The number of hydrogen-bond acceptors (Lipinski definition) is 5. The second kappa shape index (κ2) is 5.05. The molecule has 2 fully saturated rings. The Balaban J connectivity index is 1.76. The molecule has 0 saturated carbocycles. The molecule has 2 heterocycles. The summed E-state index contributed by atoms with van der Waals surface area (Å²) in [6, 6.07) is 6.85. The lowest BCUT2D eigenvalue weighted by atomic mass is 10.2. The van der Waals surface area contributed by atoms with Crippen molar-refractivity contribution in [2.45, 2.75) is 49.8 Å². The van der Waals surface area contributed by atoms with Crippen LogP contribution in [0.1, 0.15) is 19.4 Å². The minimum atomic E-state index is -3.40. The minimum Gasteiger partial charge on any atom is -0.372 e. The smallest absolute Gasteiger partial charge is 0.181 e. The first-order valence-electron chi connectivity index (χ1n) is 7.03. The van der Waals surface area contributed by atoms with Gasteiger partial charge in [0.05, 0.1) is 17.3 Å². The predicted octanol–water partition coefficient (Wildman–Crippen LogP) is 1.69. The normalized spacial score (nSPS) is 31.3. The van der Waals surface area contributed by atoms with E-state index in [2.05, 4.69) is 0 Å². The van der Waals surface area contributed by atoms with Gasteiger partial charge >= 0.3 is 0 Å². The van der Waals surface area contributed by atoms with E-state index in [9.17, 15) is 8.42 Å². The van der Waals surface area contributed by atoms with Crippen molar-refractivity contribution in [3.63, 3.8) is 0 Å². The fourth-order valence-corrected chi connectivity index (χ4v) is 4.28. The number of fused-ring (bicyclic) bond motifs is 1. The Bertz CT molecular complexity index is 620. The van der Waals surface area contributed by atoms with Gasteiger partial charge in [0.1, 0.15) is 18.3 Å². The predicted molar refractivity (Wildman–Crippen MR) is 76.8 cm³/mol. The van der Waals surface area contributed by atoms with Crippen LogP contribution in [0.3, 0.4) is 0 Å². The van der Waals surface area contributed by atoms with Gasteiger partial charge in [-0.1, -0.05) is 17.7 Å². The molecule has 2 aliphatic rings. The largest absolute Gasteiger partial charge is 0.372 e. The fourth-order valence-electron chi connectivity index (χ4n) is 2.82. The zero-order valence-electron chi connectivity index (χ0n) is 12.4. The molecule has 3 unspecified atom stereocenters. The van der Waals surface area contributed by atoms with Gasteiger partial charge in [-0.25, -0.2) is 8.42 Å². The standard InChI is InChI=1S/C15H20O5S/c1-10-4-6-11(7-5-10)21(16,17)9-13-14-12(8-18-13)19-15(2,3)20-14/h4-7,12-14H,8-9H2,1-3H3. The van der Waals surface area contributed by atoms with Crippen molar-refractivity contribution in [3.05, 3.63) is 29.8 Å². The molecule has 2 saturated heterocycles. The second-order valence-electron chi connectivity index (χ2n) is 6.10. The van der Waals surface area contributed by atoms with Crippen LogP contribution in [0.2, 0.25) is 0 Å². The Morgan fingerprint density at radius 1 is 1.19 bits per heavy atom. The van der Waals surface area contributed by atoms with Crippen molar-refractivity contribution < 1.29 is 22.6 Å². The SMILES string of the molecule is Cc1ccc(S(=O)(=O)CC2OCC3OC(C)(C)OC23)cc1. The molecule has 0 radical (unpaired) electrons. The van der Waals surface area contributed by atoms with Crippen LogP contribution in [-0.2, 0) is 24.0 Å². The Hall–Kier alpha value is -0.950. The molecule has 0 amide bonds. The van der Waals surface area contributed by atoms with Crippen molar-refractivity contribution in [3.8, 4) is 0 Å². The van der Waals surface area contributed by atoms with E-state index in [-0.39, 0.29) is 18.0 Å². The molecule has 116 valence electrons. The van der Waals surface area contributed by atoms with E-state index in [4.69, 9.17) is 14.2 Å². The zero-order chi connectivity index (χ0) is 15.3.